The van der Waals surface area contributed by atoms with Crippen molar-refractivity contribution in [1.82, 2.24) is 0 Å². The van der Waals surface area contributed by atoms with E-state index in [4.69, 9.17) is 5.11 Å². The summed E-state index contributed by atoms with van der Waals surface area (Å²) in [4.78, 5) is 3.30. The van der Waals surface area contributed by atoms with Crippen LogP contribution < -0.4 is 4.90 Å². The molecule has 0 unspecified atom stereocenters. The predicted octanol–water partition coefficient (Wildman–Crippen LogP) is 3.49. The molecular weight excluding hydrogens is 242 g/mol. The summed E-state index contributed by atoms with van der Waals surface area (Å²) in [6.45, 7) is 4.59. The second kappa shape index (κ2) is 5.85. The zero-order valence-electron chi connectivity index (χ0n) is 10.5. The number of aliphatic hydroxyl groups excluding tert-OH is 1. The van der Waals surface area contributed by atoms with E-state index in [0.29, 0.717) is 6.54 Å². The molecule has 2 aromatic rings. The minimum absolute atomic E-state index is 0.178. The third-order valence-electron chi connectivity index (χ3n) is 2.83. The van der Waals surface area contributed by atoms with Gasteiger partial charge in [0.15, 0.2) is 0 Å². The highest BCUT2D eigenvalue weighted by Gasteiger charge is 2.06. The number of anilines is 1. The lowest BCUT2D eigenvalue weighted by molar-refractivity contribution is 0.304. The average Bonchev–Trinajstić information content (AvgIpc) is 2.89. The Morgan fingerprint density at radius 1 is 1.22 bits per heavy atom. The summed E-state index contributed by atoms with van der Waals surface area (Å²) in [5.74, 6) is 0. The van der Waals surface area contributed by atoms with E-state index in [1.54, 1.807) is 11.3 Å². The Bertz CT molecular complexity index is 516. The Kier molecular flexibility index (Phi) is 4.18. The van der Waals surface area contributed by atoms with E-state index < -0.39 is 0 Å². The summed E-state index contributed by atoms with van der Waals surface area (Å²) in [7, 11) is 1.99. The lowest BCUT2D eigenvalue weighted by Gasteiger charge is -2.14. The first-order chi connectivity index (χ1) is 8.74. The van der Waals surface area contributed by atoms with Crippen molar-refractivity contribution in [3.8, 4) is 10.4 Å². The summed E-state index contributed by atoms with van der Waals surface area (Å²) in [5.41, 5.74) is 2.35. The molecule has 18 heavy (non-hydrogen) atoms. The smallest absolute Gasteiger partial charge is 0.0913 e. The minimum atomic E-state index is 0.178. The maximum absolute atomic E-state index is 8.93. The highest BCUT2D eigenvalue weighted by Crippen LogP contribution is 2.33. The van der Waals surface area contributed by atoms with E-state index in [1.165, 1.54) is 15.4 Å². The van der Waals surface area contributed by atoms with E-state index in [9.17, 15) is 0 Å². The summed E-state index contributed by atoms with van der Waals surface area (Å²) < 4.78 is 0. The van der Waals surface area contributed by atoms with E-state index in [1.807, 2.05) is 13.1 Å². The average molecular weight is 259 g/mol. The van der Waals surface area contributed by atoms with Crippen molar-refractivity contribution in [1.29, 1.82) is 0 Å². The van der Waals surface area contributed by atoms with Gasteiger partial charge in [0.25, 0.3) is 0 Å². The van der Waals surface area contributed by atoms with Crippen molar-refractivity contribution >= 4 is 22.4 Å². The Morgan fingerprint density at radius 2 is 1.94 bits per heavy atom. The molecule has 0 saturated carbocycles. The van der Waals surface area contributed by atoms with Gasteiger partial charge in [0.05, 0.1) is 11.6 Å². The first-order valence-corrected chi connectivity index (χ1v) is 6.71. The molecule has 0 atom stereocenters. The Balaban J connectivity index is 2.20. The van der Waals surface area contributed by atoms with E-state index in [0.717, 1.165) is 5.56 Å². The fourth-order valence-electron chi connectivity index (χ4n) is 1.73. The third kappa shape index (κ3) is 2.81. The van der Waals surface area contributed by atoms with Crippen LogP contribution in [0, 0.1) is 0 Å². The van der Waals surface area contributed by atoms with Crippen LogP contribution in [0.4, 0.5) is 5.00 Å². The number of hydrogen-bond donors (Lipinski definition) is 1. The molecule has 0 aliphatic heterocycles. The van der Waals surface area contributed by atoms with Gasteiger partial charge in [-0.05, 0) is 23.3 Å². The number of hydrogen-bond acceptors (Lipinski definition) is 3. The number of likely N-dealkylation sites (N-methyl/N-ethyl adjacent to an activating group) is 1. The summed E-state index contributed by atoms with van der Waals surface area (Å²) in [6.07, 6.45) is 1.85. The number of thiophene rings is 1. The van der Waals surface area contributed by atoms with Gasteiger partial charge in [0, 0.05) is 18.5 Å². The number of aliphatic hydroxyl groups is 1. The molecule has 2 nitrogen and oxygen atoms in total. The van der Waals surface area contributed by atoms with E-state index in [-0.39, 0.29) is 6.61 Å². The zero-order chi connectivity index (χ0) is 13.0. The van der Waals surface area contributed by atoms with Crippen molar-refractivity contribution < 1.29 is 5.11 Å². The van der Waals surface area contributed by atoms with Crippen molar-refractivity contribution in [2.75, 3.05) is 25.1 Å². The minimum Gasteiger partial charge on any atom is -0.395 e. The Labute approximate surface area is 112 Å². The van der Waals surface area contributed by atoms with Crippen molar-refractivity contribution in [2.45, 2.75) is 0 Å². The van der Waals surface area contributed by atoms with Gasteiger partial charge in [-0.1, -0.05) is 36.9 Å². The maximum Gasteiger partial charge on any atom is 0.0913 e. The second-order valence-corrected chi connectivity index (χ2v) is 5.17. The molecule has 1 aromatic carbocycles. The highest BCUT2D eigenvalue weighted by molar-refractivity contribution is 7.19. The van der Waals surface area contributed by atoms with Crippen LogP contribution in [0.3, 0.4) is 0 Å². The monoisotopic (exact) mass is 259 g/mol. The molecular formula is C15H17NOS. The molecule has 0 aliphatic rings. The fraction of sp³-hybridized carbons (Fsp3) is 0.200. The number of nitrogens with zero attached hydrogens (tertiary/aromatic N) is 1. The zero-order valence-corrected chi connectivity index (χ0v) is 11.3. The van der Waals surface area contributed by atoms with Crippen molar-refractivity contribution in [3.63, 3.8) is 0 Å². The van der Waals surface area contributed by atoms with Crippen LogP contribution in [-0.2, 0) is 0 Å². The normalized spacial score (nSPS) is 10.3. The largest absolute Gasteiger partial charge is 0.395 e. The van der Waals surface area contributed by atoms with Crippen LogP contribution in [-0.4, -0.2) is 25.3 Å². The summed E-state index contributed by atoms with van der Waals surface area (Å²) in [6, 6.07) is 12.6. The molecule has 94 valence electrons. The van der Waals surface area contributed by atoms with Gasteiger partial charge >= 0.3 is 0 Å². The van der Waals surface area contributed by atoms with Crippen LogP contribution in [0.25, 0.3) is 16.5 Å². The van der Waals surface area contributed by atoms with E-state index in [2.05, 4.69) is 47.9 Å². The second-order valence-electron chi connectivity index (χ2n) is 4.11. The molecule has 0 radical (unpaired) electrons. The standard InChI is InChI=1S/C15H17NOS/c1-3-12-4-6-13(7-5-12)14-8-9-15(18-14)16(2)10-11-17/h3-9,17H,1,10-11H2,2H3. The fourth-order valence-corrected chi connectivity index (χ4v) is 2.73. The maximum atomic E-state index is 8.93. The molecule has 2 rings (SSSR count). The first kappa shape index (κ1) is 12.9. The van der Waals surface area contributed by atoms with Gasteiger partial charge in [-0.3, -0.25) is 0 Å². The molecule has 0 fully saturated rings. The van der Waals surface area contributed by atoms with Crippen LogP contribution in [0.5, 0.6) is 0 Å². The molecule has 1 heterocycles. The molecule has 3 heteroatoms. The lowest BCUT2D eigenvalue weighted by atomic mass is 10.1. The summed E-state index contributed by atoms with van der Waals surface area (Å²) >= 11 is 1.74. The molecule has 0 bridgehead atoms. The third-order valence-corrected chi connectivity index (χ3v) is 4.08. The first-order valence-electron chi connectivity index (χ1n) is 5.89. The SMILES string of the molecule is C=Cc1ccc(-c2ccc(N(C)CCO)s2)cc1. The van der Waals surface area contributed by atoms with Crippen LogP contribution >= 0.6 is 11.3 Å². The quantitative estimate of drug-likeness (QED) is 0.888. The van der Waals surface area contributed by atoms with Gasteiger partial charge in [-0.2, -0.15) is 0 Å². The summed E-state index contributed by atoms with van der Waals surface area (Å²) in [5, 5.41) is 10.1. The molecule has 1 aromatic heterocycles. The van der Waals surface area contributed by atoms with Gasteiger partial charge in [-0.15, -0.1) is 11.3 Å². The topological polar surface area (TPSA) is 23.5 Å². The van der Waals surface area contributed by atoms with Gasteiger partial charge in [0.2, 0.25) is 0 Å². The van der Waals surface area contributed by atoms with Gasteiger partial charge in [-0.25, -0.2) is 0 Å². The molecule has 0 saturated heterocycles. The molecule has 0 spiro atoms. The Morgan fingerprint density at radius 3 is 2.56 bits per heavy atom. The highest BCUT2D eigenvalue weighted by atomic mass is 32.1. The van der Waals surface area contributed by atoms with Crippen LogP contribution in [0.2, 0.25) is 0 Å². The number of rotatable bonds is 5. The van der Waals surface area contributed by atoms with Crippen molar-refractivity contribution in [2.24, 2.45) is 0 Å². The van der Waals surface area contributed by atoms with Crippen molar-refractivity contribution in [3.05, 3.63) is 48.5 Å². The van der Waals surface area contributed by atoms with Crippen LogP contribution in [0.15, 0.2) is 43.0 Å². The van der Waals surface area contributed by atoms with E-state index >= 15 is 0 Å². The molecule has 0 aliphatic carbocycles. The van der Waals surface area contributed by atoms with Gasteiger partial charge in [0.1, 0.15) is 0 Å². The lowest BCUT2D eigenvalue weighted by Crippen LogP contribution is -2.19. The number of benzene rings is 1. The molecule has 1 N–H and O–H groups in total. The Hall–Kier alpha value is -1.58. The van der Waals surface area contributed by atoms with Crippen LogP contribution in [0.1, 0.15) is 5.56 Å². The van der Waals surface area contributed by atoms with Gasteiger partial charge < -0.3 is 10.0 Å². The predicted molar refractivity (Wildman–Crippen MR) is 80.2 cm³/mol. The molecule has 0 amide bonds.